The summed E-state index contributed by atoms with van der Waals surface area (Å²) in [5.74, 6) is -1.34. The van der Waals surface area contributed by atoms with Gasteiger partial charge in [-0.15, -0.1) is 0 Å². The molecule has 0 radical (unpaired) electrons. The minimum atomic E-state index is -1.15. The van der Waals surface area contributed by atoms with Gasteiger partial charge in [0.2, 0.25) is 5.91 Å². The van der Waals surface area contributed by atoms with Gasteiger partial charge in [0.15, 0.2) is 0 Å². The molecule has 0 aliphatic heterocycles. The Bertz CT molecular complexity index is 261. The molecule has 0 aromatic rings. The van der Waals surface area contributed by atoms with Crippen molar-refractivity contribution < 1.29 is 19.4 Å². The Balaban J connectivity index is 2.26. The van der Waals surface area contributed by atoms with Gasteiger partial charge in [0.25, 0.3) is 0 Å². The molecule has 0 aromatic carbocycles. The normalized spacial score (nSPS) is 17.6. The van der Waals surface area contributed by atoms with Gasteiger partial charge >= 0.3 is 5.97 Å². The fourth-order valence-corrected chi connectivity index (χ4v) is 1.76. The average Bonchev–Trinajstić information content (AvgIpc) is 2.15. The molecule has 1 aliphatic rings. The number of hydrogen-bond donors (Lipinski definition) is 2. The van der Waals surface area contributed by atoms with E-state index in [9.17, 15) is 9.59 Å². The van der Waals surface area contributed by atoms with Crippen LogP contribution in [0.25, 0.3) is 0 Å². The van der Waals surface area contributed by atoms with Crippen molar-refractivity contribution in [3.05, 3.63) is 0 Å². The van der Waals surface area contributed by atoms with Crippen molar-refractivity contribution in [1.82, 2.24) is 5.32 Å². The molecule has 0 saturated heterocycles. The summed E-state index contributed by atoms with van der Waals surface area (Å²) >= 11 is 0. The van der Waals surface area contributed by atoms with Crippen LogP contribution in [-0.4, -0.2) is 36.7 Å². The highest BCUT2D eigenvalue weighted by Crippen LogP contribution is 2.41. The summed E-state index contributed by atoms with van der Waals surface area (Å²) in [6, 6.07) is 0. The number of aliphatic carboxylic acids is 1. The van der Waals surface area contributed by atoms with E-state index in [2.05, 4.69) is 5.32 Å². The van der Waals surface area contributed by atoms with E-state index in [4.69, 9.17) is 9.84 Å². The van der Waals surface area contributed by atoms with Crippen LogP contribution in [-0.2, 0) is 14.3 Å². The van der Waals surface area contributed by atoms with Crippen LogP contribution in [0.5, 0.6) is 0 Å². The van der Waals surface area contributed by atoms with Gasteiger partial charge in [-0.2, -0.15) is 0 Å². The number of carbonyl (C=O) groups is 2. The summed E-state index contributed by atoms with van der Waals surface area (Å²) in [7, 11) is 0. The third-order valence-electron chi connectivity index (χ3n) is 3.01. The Hall–Kier alpha value is -1.10. The molecule has 0 spiro atoms. The first-order chi connectivity index (χ1) is 7.63. The molecular formula is C11H19NO4. The average molecular weight is 229 g/mol. The second-order valence-corrected chi connectivity index (χ2v) is 4.05. The molecule has 16 heavy (non-hydrogen) atoms. The first-order valence-electron chi connectivity index (χ1n) is 5.73. The standard InChI is InChI=1S/C11H19NO4/c1-2-16-8-4-7-12-9(13)11(10(14)15)5-3-6-11/h2-8H2,1H3,(H,12,13)(H,14,15). The predicted octanol–water partition coefficient (Wildman–Crippen LogP) is 0.784. The summed E-state index contributed by atoms with van der Waals surface area (Å²) in [6.07, 6.45) is 2.45. The van der Waals surface area contributed by atoms with Crippen molar-refractivity contribution in [3.63, 3.8) is 0 Å². The molecular weight excluding hydrogens is 210 g/mol. The number of hydrogen-bond acceptors (Lipinski definition) is 3. The van der Waals surface area contributed by atoms with E-state index in [1.54, 1.807) is 0 Å². The minimum Gasteiger partial charge on any atom is -0.480 e. The van der Waals surface area contributed by atoms with Crippen LogP contribution >= 0.6 is 0 Å². The molecule has 0 heterocycles. The fraction of sp³-hybridized carbons (Fsp3) is 0.818. The summed E-state index contributed by atoms with van der Waals surface area (Å²) in [4.78, 5) is 22.7. The van der Waals surface area contributed by atoms with Crippen molar-refractivity contribution >= 4 is 11.9 Å². The maximum atomic E-state index is 11.7. The lowest BCUT2D eigenvalue weighted by molar-refractivity contribution is -0.162. The molecule has 2 N–H and O–H groups in total. The molecule has 0 aromatic heterocycles. The van der Waals surface area contributed by atoms with Crippen LogP contribution in [0.4, 0.5) is 0 Å². The summed E-state index contributed by atoms with van der Waals surface area (Å²) in [5, 5.41) is 11.7. The number of rotatable bonds is 7. The number of amides is 1. The van der Waals surface area contributed by atoms with Gasteiger partial charge in [0.05, 0.1) is 0 Å². The van der Waals surface area contributed by atoms with Crippen LogP contribution < -0.4 is 5.32 Å². The lowest BCUT2D eigenvalue weighted by Gasteiger charge is -2.35. The first-order valence-corrected chi connectivity index (χ1v) is 5.73. The van der Waals surface area contributed by atoms with Crippen LogP contribution in [0, 0.1) is 5.41 Å². The second kappa shape index (κ2) is 5.84. The van der Waals surface area contributed by atoms with E-state index in [1.807, 2.05) is 6.92 Å². The Labute approximate surface area is 95.2 Å². The van der Waals surface area contributed by atoms with Gasteiger partial charge in [0.1, 0.15) is 5.41 Å². The maximum absolute atomic E-state index is 11.7. The molecule has 0 bridgehead atoms. The smallest absolute Gasteiger partial charge is 0.319 e. The molecule has 0 unspecified atom stereocenters. The van der Waals surface area contributed by atoms with Crippen LogP contribution in [0.2, 0.25) is 0 Å². The predicted molar refractivity (Wildman–Crippen MR) is 58.0 cm³/mol. The van der Waals surface area contributed by atoms with Gasteiger partial charge in [-0.25, -0.2) is 0 Å². The van der Waals surface area contributed by atoms with E-state index in [1.165, 1.54) is 0 Å². The van der Waals surface area contributed by atoms with Crippen LogP contribution in [0.3, 0.4) is 0 Å². The Morgan fingerprint density at radius 3 is 2.56 bits per heavy atom. The lowest BCUT2D eigenvalue weighted by Crippen LogP contribution is -2.51. The van der Waals surface area contributed by atoms with E-state index < -0.39 is 11.4 Å². The second-order valence-electron chi connectivity index (χ2n) is 4.05. The Morgan fingerprint density at radius 2 is 2.12 bits per heavy atom. The van der Waals surface area contributed by atoms with Gasteiger partial charge in [-0.1, -0.05) is 6.42 Å². The SMILES string of the molecule is CCOCCCNC(=O)C1(C(=O)O)CCC1. The number of ether oxygens (including phenoxy) is 1. The van der Waals surface area contributed by atoms with E-state index in [-0.39, 0.29) is 5.91 Å². The van der Waals surface area contributed by atoms with Crippen molar-refractivity contribution in [3.8, 4) is 0 Å². The fourth-order valence-electron chi connectivity index (χ4n) is 1.76. The van der Waals surface area contributed by atoms with Gasteiger partial charge in [-0.3, -0.25) is 9.59 Å². The zero-order valence-corrected chi connectivity index (χ0v) is 9.62. The third-order valence-corrected chi connectivity index (χ3v) is 3.01. The molecule has 1 fully saturated rings. The maximum Gasteiger partial charge on any atom is 0.319 e. The third kappa shape index (κ3) is 2.72. The molecule has 92 valence electrons. The minimum absolute atomic E-state index is 0.345. The van der Waals surface area contributed by atoms with Crippen molar-refractivity contribution in [2.45, 2.75) is 32.6 Å². The van der Waals surface area contributed by atoms with E-state index in [0.29, 0.717) is 32.6 Å². The van der Waals surface area contributed by atoms with Crippen molar-refractivity contribution in [1.29, 1.82) is 0 Å². The monoisotopic (exact) mass is 229 g/mol. The summed E-state index contributed by atoms with van der Waals surface area (Å²) in [6.45, 7) is 3.64. The molecule has 1 saturated carbocycles. The summed E-state index contributed by atoms with van der Waals surface area (Å²) in [5.41, 5.74) is -1.15. The number of nitrogens with one attached hydrogen (secondary N) is 1. The highest BCUT2D eigenvalue weighted by atomic mass is 16.5. The lowest BCUT2D eigenvalue weighted by atomic mass is 9.68. The summed E-state index contributed by atoms with van der Waals surface area (Å²) < 4.78 is 5.12. The highest BCUT2D eigenvalue weighted by molar-refractivity contribution is 6.02. The quantitative estimate of drug-likeness (QED) is 0.500. The molecule has 1 rings (SSSR count). The van der Waals surface area contributed by atoms with Gasteiger partial charge in [-0.05, 0) is 26.2 Å². The Kier molecular flexibility index (Phi) is 4.73. The van der Waals surface area contributed by atoms with E-state index >= 15 is 0 Å². The molecule has 5 heteroatoms. The number of carbonyl (C=O) groups excluding carboxylic acids is 1. The zero-order valence-electron chi connectivity index (χ0n) is 9.62. The van der Waals surface area contributed by atoms with Crippen molar-refractivity contribution in [2.24, 2.45) is 5.41 Å². The first kappa shape index (κ1) is 13.0. The number of carboxylic acids is 1. The highest BCUT2D eigenvalue weighted by Gasteiger charge is 2.50. The molecule has 5 nitrogen and oxygen atoms in total. The molecule has 1 aliphatic carbocycles. The zero-order chi connectivity index (χ0) is 12.0. The molecule has 0 atom stereocenters. The molecule has 1 amide bonds. The van der Waals surface area contributed by atoms with Gasteiger partial charge < -0.3 is 15.2 Å². The van der Waals surface area contributed by atoms with Crippen molar-refractivity contribution in [2.75, 3.05) is 19.8 Å². The number of carboxylic acid groups (broad SMARTS) is 1. The Morgan fingerprint density at radius 1 is 1.44 bits per heavy atom. The van der Waals surface area contributed by atoms with E-state index in [0.717, 1.165) is 12.8 Å². The largest absolute Gasteiger partial charge is 0.480 e. The van der Waals surface area contributed by atoms with Gasteiger partial charge in [0, 0.05) is 19.8 Å². The van der Waals surface area contributed by atoms with Crippen LogP contribution in [0.1, 0.15) is 32.6 Å². The van der Waals surface area contributed by atoms with Crippen LogP contribution in [0.15, 0.2) is 0 Å². The topological polar surface area (TPSA) is 75.6 Å².